The van der Waals surface area contributed by atoms with Crippen LogP contribution >= 0.6 is 0 Å². The molecule has 5 aliphatic rings. The van der Waals surface area contributed by atoms with Gasteiger partial charge in [0.05, 0.1) is 28.6 Å². The smallest absolute Gasteiger partial charge is 0.262 e. The average Bonchev–Trinajstić information content (AvgIpc) is 3.75. The Morgan fingerprint density at radius 2 is 1.72 bits per heavy atom. The van der Waals surface area contributed by atoms with E-state index in [1.54, 1.807) is 18.2 Å². The van der Waals surface area contributed by atoms with Crippen LogP contribution in [0, 0.1) is 5.92 Å². The van der Waals surface area contributed by atoms with E-state index in [4.69, 9.17) is 14.8 Å². The van der Waals surface area contributed by atoms with Crippen LogP contribution in [0.25, 0.3) is 11.3 Å². The number of nitrogens with zero attached hydrogens (tertiary/aromatic N) is 4. The molecule has 5 heterocycles. The molecule has 0 radical (unpaired) electrons. The zero-order chi connectivity index (χ0) is 31.4. The normalized spacial score (nSPS) is 24.9. The molecule has 238 valence electrons. The highest BCUT2D eigenvalue weighted by atomic mass is 16.5. The second-order valence-corrected chi connectivity index (χ2v) is 13.2. The molecule has 8 rings (SSSR count). The molecular formula is C34H37N7O5. The summed E-state index contributed by atoms with van der Waals surface area (Å²) in [7, 11) is 0. The van der Waals surface area contributed by atoms with Gasteiger partial charge in [0, 0.05) is 55.6 Å². The van der Waals surface area contributed by atoms with E-state index >= 15 is 0 Å². The zero-order valence-electron chi connectivity index (χ0n) is 25.5. The summed E-state index contributed by atoms with van der Waals surface area (Å²) in [4.78, 5) is 56.0. The number of aromatic nitrogens is 3. The molecule has 3 aliphatic heterocycles. The summed E-state index contributed by atoms with van der Waals surface area (Å²) < 4.78 is 7.64. The Kier molecular flexibility index (Phi) is 7.31. The van der Waals surface area contributed by atoms with E-state index < -0.39 is 23.8 Å². The molecule has 2 saturated carbocycles. The van der Waals surface area contributed by atoms with Gasteiger partial charge in [-0.3, -0.25) is 34.1 Å². The van der Waals surface area contributed by atoms with Gasteiger partial charge in [0.2, 0.25) is 11.8 Å². The van der Waals surface area contributed by atoms with Crippen molar-refractivity contribution in [1.82, 2.24) is 25.0 Å². The van der Waals surface area contributed by atoms with Gasteiger partial charge >= 0.3 is 0 Å². The second kappa shape index (κ2) is 11.7. The Morgan fingerprint density at radius 1 is 0.913 bits per heavy atom. The van der Waals surface area contributed by atoms with Crippen molar-refractivity contribution in [3.8, 4) is 11.3 Å². The molecule has 1 atom stereocenters. The van der Waals surface area contributed by atoms with Crippen molar-refractivity contribution in [2.24, 2.45) is 5.92 Å². The van der Waals surface area contributed by atoms with E-state index in [1.807, 2.05) is 6.07 Å². The summed E-state index contributed by atoms with van der Waals surface area (Å²) in [6.45, 7) is 2.31. The van der Waals surface area contributed by atoms with Crippen molar-refractivity contribution in [2.75, 3.05) is 30.4 Å². The van der Waals surface area contributed by atoms with Crippen molar-refractivity contribution >= 4 is 35.1 Å². The molecule has 46 heavy (non-hydrogen) atoms. The minimum Gasteiger partial charge on any atom is -0.385 e. The fourth-order valence-electron chi connectivity index (χ4n) is 7.09. The zero-order valence-corrected chi connectivity index (χ0v) is 25.5. The summed E-state index contributed by atoms with van der Waals surface area (Å²) in [5, 5.41) is 14.3. The molecule has 2 aromatic heterocycles. The summed E-state index contributed by atoms with van der Waals surface area (Å²) in [6, 6.07) is 11.0. The van der Waals surface area contributed by atoms with Gasteiger partial charge in [0.15, 0.2) is 0 Å². The predicted octanol–water partition coefficient (Wildman–Crippen LogP) is 3.88. The number of rotatable bonds is 9. The highest BCUT2D eigenvalue weighted by molar-refractivity contribution is 6.23. The first-order valence-corrected chi connectivity index (χ1v) is 16.4. The van der Waals surface area contributed by atoms with Crippen LogP contribution in [0.5, 0.6) is 0 Å². The van der Waals surface area contributed by atoms with Gasteiger partial charge in [-0.05, 0) is 81.2 Å². The van der Waals surface area contributed by atoms with Crippen LogP contribution < -0.4 is 16.0 Å². The second-order valence-electron chi connectivity index (χ2n) is 13.2. The number of pyridine rings is 1. The lowest BCUT2D eigenvalue weighted by atomic mass is 9.80. The van der Waals surface area contributed by atoms with Crippen molar-refractivity contribution < 1.29 is 23.9 Å². The summed E-state index contributed by atoms with van der Waals surface area (Å²) in [5.41, 5.74) is 4.56. The number of carbonyl (C=O) groups is 4. The maximum Gasteiger partial charge on any atom is 0.262 e. The van der Waals surface area contributed by atoms with Gasteiger partial charge in [-0.15, -0.1) is 0 Å². The number of ether oxygens (including phenoxy) is 1. The Labute approximate surface area is 266 Å². The fourth-order valence-corrected chi connectivity index (χ4v) is 7.09. The van der Waals surface area contributed by atoms with Gasteiger partial charge in [0.25, 0.3) is 11.8 Å². The van der Waals surface area contributed by atoms with Crippen LogP contribution in [0.3, 0.4) is 0 Å². The lowest BCUT2D eigenvalue weighted by Crippen LogP contribution is -2.54. The predicted molar refractivity (Wildman–Crippen MR) is 168 cm³/mol. The number of anilines is 2. The molecular weight excluding hydrogens is 586 g/mol. The van der Waals surface area contributed by atoms with Crippen LogP contribution in [0.1, 0.15) is 89.7 Å². The van der Waals surface area contributed by atoms with Crippen LogP contribution in [0.15, 0.2) is 42.6 Å². The molecule has 0 bridgehead atoms. The summed E-state index contributed by atoms with van der Waals surface area (Å²) >= 11 is 0. The van der Waals surface area contributed by atoms with Crippen LogP contribution in [-0.2, 0) is 14.3 Å². The molecule has 12 nitrogen and oxygen atoms in total. The number of imide groups is 2. The van der Waals surface area contributed by atoms with Crippen LogP contribution in [0.2, 0.25) is 0 Å². The fraction of sp³-hybridized carbons (Fsp3) is 0.471. The quantitative estimate of drug-likeness (QED) is 0.302. The Hall–Kier alpha value is -4.58. The van der Waals surface area contributed by atoms with Gasteiger partial charge in [-0.25, -0.2) is 4.98 Å². The van der Waals surface area contributed by atoms with E-state index in [-0.39, 0.29) is 29.9 Å². The van der Waals surface area contributed by atoms with E-state index in [9.17, 15) is 19.2 Å². The SMILES string of the molecule is O=C1CCC(N2C(=O)c3ccc(NC[C@H]4C[C@H](n5cc(-c6cccc(NC7CCOCC7)n6)c(C6CC6)n5)C4)cc3C2=O)C(=O)N1. The summed E-state index contributed by atoms with van der Waals surface area (Å²) in [5.74, 6) is -0.146. The highest BCUT2D eigenvalue weighted by Crippen LogP contribution is 2.45. The van der Waals surface area contributed by atoms with Crippen molar-refractivity contribution in [2.45, 2.75) is 75.4 Å². The number of fused-ring (bicyclic) bond motifs is 1. The maximum absolute atomic E-state index is 13.2. The van der Waals surface area contributed by atoms with Gasteiger partial charge in [-0.2, -0.15) is 5.10 Å². The monoisotopic (exact) mass is 623 g/mol. The average molecular weight is 624 g/mol. The molecule has 4 fully saturated rings. The van der Waals surface area contributed by atoms with Gasteiger partial charge in [0.1, 0.15) is 11.9 Å². The highest BCUT2D eigenvalue weighted by Gasteiger charge is 2.44. The maximum atomic E-state index is 13.2. The largest absolute Gasteiger partial charge is 0.385 e. The van der Waals surface area contributed by atoms with Gasteiger partial charge in [-0.1, -0.05) is 6.07 Å². The van der Waals surface area contributed by atoms with Crippen molar-refractivity contribution in [3.05, 3.63) is 59.4 Å². The number of amides is 4. The molecule has 4 amide bonds. The first kappa shape index (κ1) is 28.9. The molecule has 3 N–H and O–H groups in total. The standard InChI is InChI=1S/C34H37N7O5/c42-30-9-8-28(32(43)38-30)41-33(44)24-7-6-22(16-25(24)34(41)45)35-17-19-14-23(15-19)40-18-26(31(39-40)20-4-5-20)27-2-1-3-29(37-27)36-21-10-12-46-13-11-21/h1-3,6-7,16,18-21,23,28,35H,4-5,8-15,17H2,(H,36,37)(H,38,42,43)/t19-,23-,28?. The molecule has 1 aromatic carbocycles. The molecule has 2 aliphatic carbocycles. The van der Waals surface area contributed by atoms with E-state index in [2.05, 4.69) is 39.0 Å². The molecule has 0 spiro atoms. The third kappa shape index (κ3) is 5.44. The van der Waals surface area contributed by atoms with E-state index in [0.717, 1.165) is 78.8 Å². The number of benzene rings is 1. The third-order valence-electron chi connectivity index (χ3n) is 9.94. The molecule has 1 unspecified atom stereocenters. The molecule has 3 aromatic rings. The minimum absolute atomic E-state index is 0.0964. The topological polar surface area (TPSA) is 148 Å². The van der Waals surface area contributed by atoms with Crippen molar-refractivity contribution in [3.63, 3.8) is 0 Å². The Bertz CT molecular complexity index is 1720. The minimum atomic E-state index is -0.967. The van der Waals surface area contributed by atoms with E-state index in [0.29, 0.717) is 23.9 Å². The number of piperidine rings is 1. The molecule has 12 heteroatoms. The lowest BCUT2D eigenvalue weighted by molar-refractivity contribution is -0.136. The third-order valence-corrected chi connectivity index (χ3v) is 9.94. The number of hydrogen-bond acceptors (Lipinski definition) is 9. The number of nitrogens with one attached hydrogen (secondary N) is 3. The van der Waals surface area contributed by atoms with Crippen LogP contribution in [0.4, 0.5) is 11.5 Å². The van der Waals surface area contributed by atoms with Gasteiger partial charge < -0.3 is 15.4 Å². The first-order chi connectivity index (χ1) is 22.4. The van der Waals surface area contributed by atoms with E-state index in [1.165, 1.54) is 12.8 Å². The summed E-state index contributed by atoms with van der Waals surface area (Å²) in [6.07, 6.45) is 8.71. The number of carbonyl (C=O) groups excluding carboxylic acids is 4. The first-order valence-electron chi connectivity index (χ1n) is 16.4. The number of hydrogen-bond donors (Lipinski definition) is 3. The van der Waals surface area contributed by atoms with Crippen LogP contribution in [-0.4, -0.2) is 75.1 Å². The Balaban J connectivity index is 0.897. The molecule has 2 saturated heterocycles. The lowest BCUT2D eigenvalue weighted by Gasteiger charge is -2.35. The Morgan fingerprint density at radius 3 is 2.50 bits per heavy atom. The van der Waals surface area contributed by atoms with Crippen molar-refractivity contribution in [1.29, 1.82) is 0 Å².